The van der Waals surface area contributed by atoms with Crippen LogP contribution in [-0.2, 0) is 4.79 Å². The van der Waals surface area contributed by atoms with E-state index in [1.54, 1.807) is 0 Å². The molecule has 0 bridgehead atoms. The van der Waals surface area contributed by atoms with E-state index in [9.17, 15) is 4.79 Å². The smallest absolute Gasteiger partial charge is 0.236 e. The number of rotatable bonds is 5. The van der Waals surface area contributed by atoms with E-state index in [0.717, 1.165) is 15.9 Å². The fourth-order valence-corrected chi connectivity index (χ4v) is 3.93. The number of nitrogens with zero attached hydrogens (tertiary/aromatic N) is 1. The zero-order valence-electron chi connectivity index (χ0n) is 13.4. The summed E-state index contributed by atoms with van der Waals surface area (Å²) in [5, 5.41) is 6.97. The van der Waals surface area contributed by atoms with Crippen molar-refractivity contribution < 1.29 is 9.21 Å². The molecule has 4 aromatic rings. The van der Waals surface area contributed by atoms with Crippen molar-refractivity contribution in [1.82, 2.24) is 4.98 Å². The number of hydrogen-bond donors (Lipinski definition) is 1. The summed E-state index contributed by atoms with van der Waals surface area (Å²) in [5.74, 6) is 0.898. The van der Waals surface area contributed by atoms with Gasteiger partial charge in [0.15, 0.2) is 10.9 Å². The van der Waals surface area contributed by atoms with E-state index < -0.39 is 0 Å². The lowest BCUT2D eigenvalue weighted by Gasteiger charge is -2.02. The summed E-state index contributed by atoms with van der Waals surface area (Å²) in [7, 11) is 0. The number of fused-ring (bicyclic) bond motifs is 1. The number of halogens is 1. The Morgan fingerprint density at radius 3 is 2.81 bits per heavy atom. The number of carbonyl (C=O) groups excluding carboxylic acids is 1. The van der Waals surface area contributed by atoms with E-state index in [1.807, 2.05) is 60.0 Å². The topological polar surface area (TPSA) is 55.1 Å². The minimum absolute atomic E-state index is 0.101. The molecule has 0 fully saturated rings. The van der Waals surface area contributed by atoms with Gasteiger partial charge in [0.05, 0.1) is 5.75 Å². The highest BCUT2D eigenvalue weighted by Crippen LogP contribution is 2.30. The molecule has 2 heterocycles. The van der Waals surface area contributed by atoms with Crippen LogP contribution < -0.4 is 5.32 Å². The van der Waals surface area contributed by atoms with Crippen molar-refractivity contribution in [3.63, 3.8) is 0 Å². The van der Waals surface area contributed by atoms with Gasteiger partial charge in [-0.2, -0.15) is 0 Å². The lowest BCUT2D eigenvalue weighted by Crippen LogP contribution is -2.13. The number of nitrogens with one attached hydrogen (secondary N) is 1. The lowest BCUT2D eigenvalue weighted by atomic mass is 10.2. The van der Waals surface area contributed by atoms with Crippen LogP contribution in [0.25, 0.3) is 22.4 Å². The zero-order valence-corrected chi connectivity index (χ0v) is 15.8. The van der Waals surface area contributed by atoms with Crippen molar-refractivity contribution in [1.29, 1.82) is 0 Å². The molecule has 0 atom stereocenters. The third-order valence-corrected chi connectivity index (χ3v) is 5.63. The maximum absolute atomic E-state index is 12.1. The van der Waals surface area contributed by atoms with Gasteiger partial charge < -0.3 is 9.73 Å². The molecule has 0 saturated heterocycles. The predicted octanol–water partition coefficient (Wildman–Crippen LogP) is 5.94. The average molecular weight is 401 g/mol. The minimum atomic E-state index is -0.101. The Hall–Kier alpha value is -2.28. The Kier molecular flexibility index (Phi) is 4.97. The number of furan rings is 1. The first-order chi connectivity index (χ1) is 12.7. The van der Waals surface area contributed by atoms with Crippen molar-refractivity contribution in [2.45, 2.75) is 4.90 Å². The molecule has 1 amide bonds. The van der Waals surface area contributed by atoms with E-state index in [2.05, 4.69) is 10.3 Å². The molecule has 0 unspecified atom stereocenters. The van der Waals surface area contributed by atoms with Gasteiger partial charge in [-0.3, -0.25) is 4.79 Å². The van der Waals surface area contributed by atoms with E-state index in [0.29, 0.717) is 27.4 Å². The van der Waals surface area contributed by atoms with Gasteiger partial charge in [-0.15, -0.1) is 23.1 Å². The first-order valence-electron chi connectivity index (χ1n) is 7.80. The summed E-state index contributed by atoms with van der Waals surface area (Å²) in [6.45, 7) is 0. The molecule has 0 aliphatic carbocycles. The molecule has 2 aromatic carbocycles. The molecule has 4 rings (SSSR count). The minimum Gasteiger partial charge on any atom is -0.454 e. The van der Waals surface area contributed by atoms with Crippen LogP contribution in [0.1, 0.15) is 0 Å². The van der Waals surface area contributed by atoms with Crippen LogP contribution >= 0.6 is 34.7 Å². The van der Waals surface area contributed by atoms with Crippen molar-refractivity contribution in [2.24, 2.45) is 0 Å². The number of amides is 1. The normalized spacial score (nSPS) is 11.0. The first kappa shape index (κ1) is 17.1. The molecular formula is C19H13ClN2O2S2. The Balaban J connectivity index is 1.39. The monoisotopic (exact) mass is 400 g/mol. The van der Waals surface area contributed by atoms with Gasteiger partial charge in [-0.25, -0.2) is 4.98 Å². The van der Waals surface area contributed by atoms with Crippen LogP contribution in [0.4, 0.5) is 5.13 Å². The molecular weight excluding hydrogens is 388 g/mol. The largest absolute Gasteiger partial charge is 0.454 e. The van der Waals surface area contributed by atoms with Gasteiger partial charge in [-0.05, 0) is 36.4 Å². The summed E-state index contributed by atoms with van der Waals surface area (Å²) in [6.07, 6.45) is 0. The molecule has 1 N–H and O–H groups in total. The van der Waals surface area contributed by atoms with Crippen molar-refractivity contribution >= 4 is 56.7 Å². The number of thioether (sulfide) groups is 1. The standard InChI is InChI=1S/C19H13ClN2O2S2/c20-13-5-7-14(8-6-13)25-11-18(23)22-19-21-15(10-26-19)17-9-12-3-1-2-4-16(12)24-17/h1-10H,11H2,(H,21,22,23). The third-order valence-electron chi connectivity index (χ3n) is 3.61. The predicted molar refractivity (Wildman–Crippen MR) is 108 cm³/mol. The van der Waals surface area contributed by atoms with Gasteiger partial charge in [0, 0.05) is 20.7 Å². The van der Waals surface area contributed by atoms with Crippen LogP contribution in [0.3, 0.4) is 0 Å². The van der Waals surface area contributed by atoms with Crippen LogP contribution in [0.15, 0.2) is 69.3 Å². The lowest BCUT2D eigenvalue weighted by molar-refractivity contribution is -0.113. The summed E-state index contributed by atoms with van der Waals surface area (Å²) in [4.78, 5) is 17.6. The molecule has 130 valence electrons. The van der Waals surface area contributed by atoms with E-state index in [1.165, 1.54) is 23.1 Å². The fraction of sp³-hybridized carbons (Fsp3) is 0.0526. The number of hydrogen-bond acceptors (Lipinski definition) is 5. The van der Waals surface area contributed by atoms with Crippen LogP contribution in [-0.4, -0.2) is 16.6 Å². The van der Waals surface area contributed by atoms with E-state index in [-0.39, 0.29) is 5.91 Å². The number of carbonyl (C=O) groups is 1. The maximum Gasteiger partial charge on any atom is 0.236 e. The molecule has 0 saturated carbocycles. The summed E-state index contributed by atoms with van der Waals surface area (Å²) in [6, 6.07) is 17.2. The van der Waals surface area contributed by atoms with Gasteiger partial charge in [-0.1, -0.05) is 29.8 Å². The number of anilines is 1. The van der Waals surface area contributed by atoms with Crippen molar-refractivity contribution in [3.8, 4) is 11.5 Å². The highest BCUT2D eigenvalue weighted by molar-refractivity contribution is 8.00. The molecule has 2 aromatic heterocycles. The summed E-state index contributed by atoms with van der Waals surface area (Å²) >= 11 is 8.68. The maximum atomic E-state index is 12.1. The SMILES string of the molecule is O=C(CSc1ccc(Cl)cc1)Nc1nc(-c2cc3ccccc3o2)cs1. The highest BCUT2D eigenvalue weighted by Gasteiger charge is 2.12. The second-order valence-corrected chi connectivity index (χ2v) is 7.82. The molecule has 0 radical (unpaired) electrons. The molecule has 4 nitrogen and oxygen atoms in total. The van der Waals surface area contributed by atoms with E-state index in [4.69, 9.17) is 16.0 Å². The Labute approximate surface area is 163 Å². The number of aromatic nitrogens is 1. The van der Waals surface area contributed by atoms with Crippen LogP contribution in [0.5, 0.6) is 0 Å². The Bertz CT molecular complexity index is 1020. The molecule has 0 aliphatic heterocycles. The molecule has 7 heteroatoms. The van der Waals surface area contributed by atoms with Crippen LogP contribution in [0, 0.1) is 0 Å². The summed E-state index contributed by atoms with van der Waals surface area (Å²) in [5.41, 5.74) is 1.53. The van der Waals surface area contributed by atoms with Crippen molar-refractivity contribution in [3.05, 3.63) is 65.0 Å². The Morgan fingerprint density at radius 2 is 2.00 bits per heavy atom. The van der Waals surface area contributed by atoms with Gasteiger partial charge >= 0.3 is 0 Å². The van der Waals surface area contributed by atoms with E-state index >= 15 is 0 Å². The number of para-hydroxylation sites is 1. The average Bonchev–Trinajstić information content (AvgIpc) is 3.27. The van der Waals surface area contributed by atoms with Crippen LogP contribution in [0.2, 0.25) is 5.02 Å². The second-order valence-electron chi connectivity index (χ2n) is 5.48. The molecule has 26 heavy (non-hydrogen) atoms. The third kappa shape index (κ3) is 3.93. The Morgan fingerprint density at radius 1 is 1.19 bits per heavy atom. The molecule has 0 spiro atoms. The fourth-order valence-electron chi connectivity index (χ4n) is 2.39. The van der Waals surface area contributed by atoms with Gasteiger partial charge in [0.1, 0.15) is 11.3 Å². The van der Waals surface area contributed by atoms with Gasteiger partial charge in [0.2, 0.25) is 5.91 Å². The first-order valence-corrected chi connectivity index (χ1v) is 10.0. The second kappa shape index (κ2) is 7.53. The quantitative estimate of drug-likeness (QED) is 0.421. The number of thiazole rings is 1. The highest BCUT2D eigenvalue weighted by atomic mass is 35.5. The molecule has 0 aliphatic rings. The zero-order chi connectivity index (χ0) is 17.9. The summed E-state index contributed by atoms with van der Waals surface area (Å²) < 4.78 is 5.80. The van der Waals surface area contributed by atoms with Crippen molar-refractivity contribution in [2.75, 3.05) is 11.1 Å². The number of benzene rings is 2. The van der Waals surface area contributed by atoms with Gasteiger partial charge in [0.25, 0.3) is 0 Å².